The van der Waals surface area contributed by atoms with E-state index in [0.717, 1.165) is 22.5 Å². The Hall–Kier alpha value is -4.42. The van der Waals surface area contributed by atoms with Gasteiger partial charge in [0.25, 0.3) is 11.8 Å². The summed E-state index contributed by atoms with van der Waals surface area (Å²) < 4.78 is 47.4. The molecule has 3 heterocycles. The topological polar surface area (TPSA) is 209 Å². The van der Waals surface area contributed by atoms with Gasteiger partial charge in [-0.05, 0) is 24.0 Å². The summed E-state index contributed by atoms with van der Waals surface area (Å²) in [6.45, 7) is -0.411. The van der Waals surface area contributed by atoms with Crippen molar-refractivity contribution >= 4 is 50.4 Å². The molecule has 4 N–H and O–H groups in total. The van der Waals surface area contributed by atoms with Crippen molar-refractivity contribution in [1.82, 2.24) is 15.4 Å². The second-order valence-electron chi connectivity index (χ2n) is 9.73. The molecule has 5 rings (SSSR count). The predicted molar refractivity (Wildman–Crippen MR) is 154 cm³/mol. The average molecular weight is 646 g/mol. The van der Waals surface area contributed by atoms with Crippen LogP contribution in [0.2, 0.25) is 0 Å². The number of amides is 2. The van der Waals surface area contributed by atoms with Crippen LogP contribution in [-0.4, -0.2) is 77.9 Å². The number of nitrogens with two attached hydrogens (primary N) is 1. The maximum absolute atomic E-state index is 13.4. The first-order valence-electron chi connectivity index (χ1n) is 13.2. The van der Waals surface area contributed by atoms with Gasteiger partial charge in [0, 0.05) is 18.6 Å². The Bertz CT molecular complexity index is 1600. The van der Waals surface area contributed by atoms with E-state index in [0.29, 0.717) is 5.06 Å². The molecule has 1 spiro atoms. The quantitative estimate of drug-likeness (QED) is 0.0888. The molecule has 2 amide bonds. The van der Waals surface area contributed by atoms with Gasteiger partial charge in [-0.2, -0.15) is 13.5 Å². The van der Waals surface area contributed by atoms with E-state index in [2.05, 4.69) is 19.7 Å². The molecular weight excluding hydrogens is 618 g/mol. The third-order valence-corrected chi connectivity index (χ3v) is 7.97. The maximum Gasteiger partial charge on any atom is 0.418 e. The monoisotopic (exact) mass is 645 g/mol. The van der Waals surface area contributed by atoms with Gasteiger partial charge in [0.1, 0.15) is 17.3 Å². The van der Waals surface area contributed by atoms with Crippen LogP contribution in [0.1, 0.15) is 35.8 Å². The summed E-state index contributed by atoms with van der Waals surface area (Å²) in [7, 11) is -5.02. The highest BCUT2D eigenvalue weighted by Gasteiger charge is 2.64. The molecule has 44 heavy (non-hydrogen) atoms. The number of nitrogen functional groups attached to an aromatic ring is 1. The zero-order valence-electron chi connectivity index (χ0n) is 22.9. The molecule has 1 atom stereocenters. The average Bonchev–Trinajstić information content (AvgIpc) is 3.45. The highest BCUT2D eigenvalue weighted by atomic mass is 32.3. The minimum Gasteiger partial charge on any atom is -0.450 e. The fraction of sp³-hybridized carbons (Fsp3) is 0.296. The fourth-order valence-electron chi connectivity index (χ4n) is 4.94. The molecule has 0 bridgehead atoms. The molecule has 232 valence electrons. The van der Waals surface area contributed by atoms with Crippen LogP contribution in [0.25, 0.3) is 0 Å². The lowest BCUT2D eigenvalue weighted by Crippen LogP contribution is -2.80. The lowest BCUT2D eigenvalue weighted by molar-refractivity contribution is -0.240. The van der Waals surface area contributed by atoms with Crippen molar-refractivity contribution in [3.05, 3.63) is 82.9 Å². The van der Waals surface area contributed by atoms with E-state index >= 15 is 0 Å². The first-order chi connectivity index (χ1) is 21.1. The number of carbonyl (C=O) groups is 3. The second-order valence-corrected chi connectivity index (χ2v) is 11.6. The summed E-state index contributed by atoms with van der Waals surface area (Å²) in [6.07, 6.45) is -0.532. The number of esters is 1. The zero-order chi connectivity index (χ0) is 31.3. The number of nitrogens with one attached hydrogen (secondary N) is 1. The summed E-state index contributed by atoms with van der Waals surface area (Å²) in [4.78, 5) is 48.4. The molecule has 15 nitrogen and oxygen atoms in total. The third-order valence-electron chi connectivity index (χ3n) is 6.96. The van der Waals surface area contributed by atoms with Gasteiger partial charge in [-0.25, -0.2) is 9.78 Å². The predicted octanol–water partition coefficient (Wildman–Crippen LogP) is 1.39. The van der Waals surface area contributed by atoms with Crippen molar-refractivity contribution in [2.75, 3.05) is 25.6 Å². The molecular formula is C27H27N5O10S2. The Labute approximate surface area is 255 Å². The Morgan fingerprint density at radius 3 is 2.30 bits per heavy atom. The number of benzene rings is 2. The Balaban J connectivity index is 1.31. The minimum absolute atomic E-state index is 0.00339. The number of carbonyl (C=O) groups excluding carboxylic acids is 3. The smallest absolute Gasteiger partial charge is 0.418 e. The molecule has 17 heteroatoms. The van der Waals surface area contributed by atoms with Crippen molar-refractivity contribution in [2.24, 2.45) is 5.16 Å². The number of hydrogen-bond donors (Lipinski definition) is 3. The Kier molecular flexibility index (Phi) is 9.21. The van der Waals surface area contributed by atoms with Gasteiger partial charge in [-0.15, -0.1) is 15.6 Å². The van der Waals surface area contributed by atoms with Crippen LogP contribution in [0, 0.1) is 0 Å². The van der Waals surface area contributed by atoms with Crippen LogP contribution >= 0.6 is 11.3 Å². The Morgan fingerprint density at radius 1 is 1.14 bits per heavy atom. The number of aromatic nitrogens is 1. The Morgan fingerprint density at radius 2 is 1.75 bits per heavy atom. The van der Waals surface area contributed by atoms with Crippen molar-refractivity contribution < 1.29 is 45.9 Å². The van der Waals surface area contributed by atoms with Gasteiger partial charge >= 0.3 is 16.4 Å². The molecule has 2 aliphatic rings. The van der Waals surface area contributed by atoms with Crippen LogP contribution in [0.15, 0.2) is 71.2 Å². The van der Waals surface area contributed by atoms with Crippen LogP contribution in [-0.2, 0) is 43.4 Å². The zero-order valence-corrected chi connectivity index (χ0v) is 24.5. The fourth-order valence-corrected chi connectivity index (χ4v) is 5.89. The lowest BCUT2D eigenvalue weighted by Gasteiger charge is -2.56. The number of ether oxygens (including phenoxy) is 2. The van der Waals surface area contributed by atoms with Gasteiger partial charge in [-0.3, -0.25) is 14.1 Å². The number of hydroxylamine groups is 2. The molecule has 0 saturated carbocycles. The summed E-state index contributed by atoms with van der Waals surface area (Å²) >= 11 is 1.01. The van der Waals surface area contributed by atoms with Crippen LogP contribution in [0.5, 0.6) is 0 Å². The van der Waals surface area contributed by atoms with Gasteiger partial charge in [0.2, 0.25) is 6.61 Å². The van der Waals surface area contributed by atoms with Crippen molar-refractivity contribution in [2.45, 2.75) is 30.5 Å². The summed E-state index contributed by atoms with van der Waals surface area (Å²) in [5.41, 5.74) is 5.48. The molecule has 3 aromatic rings. The van der Waals surface area contributed by atoms with Crippen molar-refractivity contribution in [3.8, 4) is 0 Å². The van der Waals surface area contributed by atoms with Crippen LogP contribution in [0.4, 0.5) is 5.13 Å². The molecule has 2 fully saturated rings. The van der Waals surface area contributed by atoms with E-state index < -0.39 is 58.2 Å². The summed E-state index contributed by atoms with van der Waals surface area (Å²) in [5, 5.41) is 8.41. The van der Waals surface area contributed by atoms with E-state index in [9.17, 15) is 22.8 Å². The van der Waals surface area contributed by atoms with Crippen LogP contribution in [0.3, 0.4) is 0 Å². The summed E-state index contributed by atoms with van der Waals surface area (Å²) in [6, 6.07) is 16.9. The number of oxime groups is 1. The van der Waals surface area contributed by atoms with Crippen LogP contribution < -0.4 is 11.1 Å². The first-order valence-corrected chi connectivity index (χ1v) is 15.4. The molecule has 2 aromatic carbocycles. The molecule has 0 aliphatic carbocycles. The summed E-state index contributed by atoms with van der Waals surface area (Å²) in [5.74, 6) is -2.63. The van der Waals surface area contributed by atoms with E-state index in [1.54, 1.807) is 0 Å². The third kappa shape index (κ3) is 6.87. The van der Waals surface area contributed by atoms with Crippen molar-refractivity contribution in [1.29, 1.82) is 0 Å². The number of thiazole rings is 1. The molecule has 0 radical (unpaired) electrons. The minimum atomic E-state index is -5.02. The van der Waals surface area contributed by atoms with E-state index in [4.69, 9.17) is 24.6 Å². The largest absolute Gasteiger partial charge is 0.450 e. The number of rotatable bonds is 11. The molecule has 1 aromatic heterocycles. The SMILES string of the molecule is Nc1nc(/C(=N\OCC(=O)OC(c2ccccc2)c2ccccc2)C(=O)NC2C(=O)N(OS(=O)(=O)O)C23CCOCC3)cs1. The van der Waals surface area contributed by atoms with E-state index in [1.165, 1.54) is 5.38 Å². The highest BCUT2D eigenvalue weighted by molar-refractivity contribution is 7.80. The number of hydrogen-bond acceptors (Lipinski definition) is 13. The number of nitrogens with zero attached hydrogens (tertiary/aromatic N) is 3. The second kappa shape index (κ2) is 13.1. The molecule has 1 unspecified atom stereocenters. The van der Waals surface area contributed by atoms with Gasteiger partial charge in [0.05, 0.1) is 0 Å². The van der Waals surface area contributed by atoms with Crippen molar-refractivity contribution in [3.63, 3.8) is 0 Å². The van der Waals surface area contributed by atoms with Gasteiger partial charge in [-0.1, -0.05) is 65.8 Å². The molecule has 2 aliphatic heterocycles. The number of anilines is 1. The van der Waals surface area contributed by atoms with E-state index in [1.807, 2.05) is 60.7 Å². The van der Waals surface area contributed by atoms with E-state index in [-0.39, 0.29) is 36.9 Å². The molecule has 2 saturated heterocycles. The lowest BCUT2D eigenvalue weighted by atomic mass is 9.74. The number of β-lactam (4-membered cyclic amide) rings is 1. The maximum atomic E-state index is 13.4. The first kappa shape index (κ1) is 31.0. The van der Waals surface area contributed by atoms with Gasteiger partial charge in [0.15, 0.2) is 16.9 Å². The highest BCUT2D eigenvalue weighted by Crippen LogP contribution is 2.41. The van der Waals surface area contributed by atoms with Gasteiger partial charge < -0.3 is 25.4 Å². The standard InChI is InChI=1S/C27H27N5O10S2/c28-26-29-19(16-43-26)21(24(34)30-23-25(35)32(42-44(36,37)38)27(23)11-13-39-14-12-27)31-40-15-20(33)41-22(17-7-3-1-4-8-17)18-9-5-2-6-10-18/h1-10,16,22-23H,11-15H2,(H2,28,29)(H,30,34)(H,36,37,38)/b31-21+. The normalized spacial score (nSPS) is 18.1.